The SMILES string of the molecule is CC1(c2ccc3sccc3c2)CC(=O)N(Cc2nc3ccccc3s2)C(=N)N1. The maximum Gasteiger partial charge on any atom is 0.232 e. The van der Waals surface area contributed by atoms with Crippen molar-refractivity contribution in [3.8, 4) is 0 Å². The summed E-state index contributed by atoms with van der Waals surface area (Å²) in [7, 11) is 0. The van der Waals surface area contributed by atoms with E-state index in [1.807, 2.05) is 31.2 Å². The first kappa shape index (κ1) is 17.3. The van der Waals surface area contributed by atoms with Crippen molar-refractivity contribution in [2.24, 2.45) is 0 Å². The third-order valence-corrected chi connectivity index (χ3v) is 7.11. The first-order valence-corrected chi connectivity index (χ1v) is 10.7. The fourth-order valence-electron chi connectivity index (χ4n) is 3.67. The minimum atomic E-state index is -0.589. The largest absolute Gasteiger partial charge is 0.346 e. The van der Waals surface area contributed by atoms with Gasteiger partial charge in [0, 0.05) is 4.70 Å². The number of carbonyl (C=O) groups excluding carboxylic acids is 1. The number of thiazole rings is 1. The Morgan fingerprint density at radius 2 is 2.07 bits per heavy atom. The van der Waals surface area contributed by atoms with Crippen molar-refractivity contribution in [2.75, 3.05) is 0 Å². The number of para-hydroxylation sites is 1. The normalized spacial score (nSPS) is 20.1. The Labute approximate surface area is 170 Å². The van der Waals surface area contributed by atoms with Crippen LogP contribution in [0.15, 0.2) is 53.9 Å². The predicted octanol–water partition coefficient (Wildman–Crippen LogP) is 4.68. The summed E-state index contributed by atoms with van der Waals surface area (Å²) < 4.78 is 2.32. The van der Waals surface area contributed by atoms with Gasteiger partial charge in [-0.25, -0.2) is 4.98 Å². The molecule has 1 fully saturated rings. The zero-order valence-corrected chi connectivity index (χ0v) is 16.9. The van der Waals surface area contributed by atoms with E-state index < -0.39 is 5.54 Å². The fraction of sp³-hybridized carbons (Fsp3) is 0.190. The van der Waals surface area contributed by atoms with Gasteiger partial charge in [-0.2, -0.15) is 0 Å². The first-order chi connectivity index (χ1) is 13.5. The van der Waals surface area contributed by atoms with E-state index >= 15 is 0 Å². The molecule has 7 heteroatoms. The molecule has 0 aliphatic carbocycles. The van der Waals surface area contributed by atoms with E-state index in [9.17, 15) is 4.79 Å². The van der Waals surface area contributed by atoms with Gasteiger partial charge in [-0.1, -0.05) is 18.2 Å². The van der Waals surface area contributed by atoms with Crippen LogP contribution in [-0.2, 0) is 16.9 Å². The number of guanidine groups is 1. The zero-order chi connectivity index (χ0) is 19.3. The molecule has 1 unspecified atom stereocenters. The number of amides is 1. The molecule has 1 saturated heterocycles. The van der Waals surface area contributed by atoms with Crippen LogP contribution in [0.3, 0.4) is 0 Å². The Balaban J connectivity index is 1.40. The third kappa shape index (κ3) is 2.87. The number of aromatic nitrogens is 1. The second-order valence-corrected chi connectivity index (χ2v) is 9.27. The second-order valence-electron chi connectivity index (χ2n) is 7.21. The van der Waals surface area contributed by atoms with Crippen LogP contribution in [0.2, 0.25) is 0 Å². The molecule has 5 rings (SSSR count). The van der Waals surface area contributed by atoms with E-state index in [0.717, 1.165) is 20.8 Å². The van der Waals surface area contributed by atoms with Gasteiger partial charge >= 0.3 is 0 Å². The summed E-state index contributed by atoms with van der Waals surface area (Å²) in [5.41, 5.74) is 1.37. The lowest BCUT2D eigenvalue weighted by molar-refractivity contribution is -0.131. The Morgan fingerprint density at radius 1 is 1.21 bits per heavy atom. The van der Waals surface area contributed by atoms with Gasteiger partial charge in [0.15, 0.2) is 5.96 Å². The van der Waals surface area contributed by atoms with Crippen LogP contribution in [0, 0.1) is 5.41 Å². The number of rotatable bonds is 3. The smallest absolute Gasteiger partial charge is 0.232 e. The van der Waals surface area contributed by atoms with Gasteiger partial charge in [0.2, 0.25) is 5.91 Å². The highest BCUT2D eigenvalue weighted by atomic mass is 32.1. The molecule has 140 valence electrons. The molecule has 2 aromatic heterocycles. The fourth-order valence-corrected chi connectivity index (χ4v) is 5.40. The van der Waals surface area contributed by atoms with E-state index in [-0.39, 0.29) is 11.9 Å². The molecule has 0 spiro atoms. The Hall–Kier alpha value is -2.77. The molecule has 0 bridgehead atoms. The van der Waals surface area contributed by atoms with Crippen molar-refractivity contribution < 1.29 is 4.79 Å². The average molecular weight is 407 g/mol. The molecule has 1 amide bonds. The van der Waals surface area contributed by atoms with Crippen molar-refractivity contribution >= 4 is 54.8 Å². The van der Waals surface area contributed by atoms with Crippen molar-refractivity contribution in [1.82, 2.24) is 15.2 Å². The van der Waals surface area contributed by atoms with Gasteiger partial charge in [0.05, 0.1) is 28.7 Å². The Morgan fingerprint density at radius 3 is 2.89 bits per heavy atom. The first-order valence-electron chi connectivity index (χ1n) is 9.01. The lowest BCUT2D eigenvalue weighted by Crippen LogP contribution is -2.59. The van der Waals surface area contributed by atoms with E-state index in [2.05, 4.69) is 39.9 Å². The highest BCUT2D eigenvalue weighted by Crippen LogP contribution is 2.33. The summed E-state index contributed by atoms with van der Waals surface area (Å²) >= 11 is 3.27. The molecule has 0 radical (unpaired) electrons. The molecule has 2 aromatic carbocycles. The van der Waals surface area contributed by atoms with Crippen LogP contribution in [0.25, 0.3) is 20.3 Å². The summed E-state index contributed by atoms with van der Waals surface area (Å²) in [5, 5.41) is 15.8. The van der Waals surface area contributed by atoms with Gasteiger partial charge in [0.25, 0.3) is 0 Å². The van der Waals surface area contributed by atoms with E-state index in [0.29, 0.717) is 13.0 Å². The number of thiophene rings is 1. The number of hydrogen-bond donors (Lipinski definition) is 2. The van der Waals surface area contributed by atoms with Crippen molar-refractivity contribution in [1.29, 1.82) is 5.41 Å². The predicted molar refractivity (Wildman–Crippen MR) is 115 cm³/mol. The van der Waals surface area contributed by atoms with Gasteiger partial charge in [-0.15, -0.1) is 22.7 Å². The number of nitrogens with zero attached hydrogens (tertiary/aromatic N) is 2. The van der Waals surface area contributed by atoms with Crippen LogP contribution in [0.4, 0.5) is 0 Å². The van der Waals surface area contributed by atoms with Crippen LogP contribution in [-0.4, -0.2) is 21.8 Å². The van der Waals surface area contributed by atoms with Gasteiger partial charge < -0.3 is 5.32 Å². The molecular formula is C21H18N4OS2. The number of nitrogens with one attached hydrogen (secondary N) is 2. The number of hydrogen-bond acceptors (Lipinski definition) is 5. The van der Waals surface area contributed by atoms with Crippen molar-refractivity contribution in [2.45, 2.75) is 25.4 Å². The van der Waals surface area contributed by atoms with Crippen LogP contribution < -0.4 is 5.32 Å². The zero-order valence-electron chi connectivity index (χ0n) is 15.2. The van der Waals surface area contributed by atoms with Crippen molar-refractivity contribution in [3.05, 3.63) is 64.5 Å². The molecule has 3 heterocycles. The second kappa shape index (κ2) is 6.39. The van der Waals surface area contributed by atoms with E-state index in [4.69, 9.17) is 5.41 Å². The highest BCUT2D eigenvalue weighted by molar-refractivity contribution is 7.18. The highest BCUT2D eigenvalue weighted by Gasteiger charge is 2.39. The van der Waals surface area contributed by atoms with E-state index in [1.54, 1.807) is 22.7 Å². The van der Waals surface area contributed by atoms with E-state index in [1.165, 1.54) is 15.0 Å². The molecule has 28 heavy (non-hydrogen) atoms. The summed E-state index contributed by atoms with van der Waals surface area (Å²) in [5.74, 6) is 0.0688. The van der Waals surface area contributed by atoms with Gasteiger partial charge in [0.1, 0.15) is 5.01 Å². The van der Waals surface area contributed by atoms with Crippen molar-refractivity contribution in [3.63, 3.8) is 0 Å². The molecule has 2 N–H and O–H groups in total. The lowest BCUT2D eigenvalue weighted by Gasteiger charge is -2.40. The maximum absolute atomic E-state index is 13.0. The Bertz CT molecular complexity index is 1170. The number of carbonyl (C=O) groups is 1. The van der Waals surface area contributed by atoms with Gasteiger partial charge in [-0.3, -0.25) is 15.1 Å². The third-order valence-electron chi connectivity index (χ3n) is 5.19. The standard InChI is InChI=1S/C21H18N4OS2/c1-21(14-6-7-16-13(10-14)8-9-27-16)11-19(26)25(20(22)24-21)12-18-23-15-4-2-3-5-17(15)28-18/h2-10H,11-12H2,1H3,(H2,22,24). The minimum Gasteiger partial charge on any atom is -0.346 e. The maximum atomic E-state index is 13.0. The lowest BCUT2D eigenvalue weighted by atomic mass is 9.86. The van der Waals surface area contributed by atoms with Crippen LogP contribution in [0.1, 0.15) is 23.9 Å². The summed E-state index contributed by atoms with van der Waals surface area (Å²) in [6.45, 7) is 2.31. The topological polar surface area (TPSA) is 69.1 Å². The summed E-state index contributed by atoms with van der Waals surface area (Å²) in [4.78, 5) is 19.0. The van der Waals surface area contributed by atoms with Crippen LogP contribution >= 0.6 is 22.7 Å². The van der Waals surface area contributed by atoms with Crippen LogP contribution in [0.5, 0.6) is 0 Å². The monoisotopic (exact) mass is 406 g/mol. The molecular weight excluding hydrogens is 388 g/mol. The minimum absolute atomic E-state index is 0.0593. The molecule has 4 aromatic rings. The average Bonchev–Trinajstić information content (AvgIpc) is 3.30. The molecule has 1 atom stereocenters. The molecule has 0 saturated carbocycles. The summed E-state index contributed by atoms with van der Waals surface area (Å²) in [6.07, 6.45) is 0.302. The number of benzene rings is 2. The summed E-state index contributed by atoms with van der Waals surface area (Å²) in [6, 6.07) is 16.3. The quantitative estimate of drug-likeness (QED) is 0.519. The Kier molecular flexibility index (Phi) is 3.96. The number of fused-ring (bicyclic) bond motifs is 2. The van der Waals surface area contributed by atoms with Gasteiger partial charge in [-0.05, 0) is 53.6 Å². The molecule has 5 nitrogen and oxygen atoms in total. The molecule has 1 aliphatic heterocycles. The molecule has 1 aliphatic rings.